The molecule has 3 heterocycles. The number of aromatic nitrogens is 4. The van der Waals surface area contributed by atoms with Crippen molar-refractivity contribution in [2.45, 2.75) is 45.4 Å². The zero-order chi connectivity index (χ0) is 26.9. The number of nitrogens with zero attached hydrogens (tertiary/aromatic N) is 6. The van der Waals surface area contributed by atoms with Crippen molar-refractivity contribution in [1.82, 2.24) is 24.6 Å². The quantitative estimate of drug-likeness (QED) is 0.342. The summed E-state index contributed by atoms with van der Waals surface area (Å²) in [6.07, 6.45) is 6.99. The maximum absolute atomic E-state index is 13.7. The number of aryl methyl sites for hydroxylation is 1. The SMILES string of the molecule is Cc1nn(-c2ccc(F)cc2)c2nc(CC3CCCCC3)nc(N3CCN(C(=O)c4ccc(F)cc4)CC3)c12. The second kappa shape index (κ2) is 10.7. The molecule has 2 aromatic carbocycles. The van der Waals surface area contributed by atoms with Crippen molar-refractivity contribution in [2.24, 2.45) is 5.92 Å². The lowest BCUT2D eigenvalue weighted by molar-refractivity contribution is 0.0746. The highest BCUT2D eigenvalue weighted by Crippen LogP contribution is 2.32. The van der Waals surface area contributed by atoms with E-state index in [1.165, 1.54) is 68.5 Å². The van der Waals surface area contributed by atoms with Crippen LogP contribution in [0.25, 0.3) is 16.7 Å². The predicted octanol–water partition coefficient (Wildman–Crippen LogP) is 5.49. The lowest BCUT2D eigenvalue weighted by atomic mass is 9.87. The van der Waals surface area contributed by atoms with Gasteiger partial charge in [0.2, 0.25) is 0 Å². The van der Waals surface area contributed by atoms with Crippen LogP contribution in [-0.2, 0) is 6.42 Å². The van der Waals surface area contributed by atoms with Gasteiger partial charge in [-0.05, 0) is 61.4 Å². The van der Waals surface area contributed by atoms with Gasteiger partial charge >= 0.3 is 0 Å². The lowest BCUT2D eigenvalue weighted by Crippen LogP contribution is -2.49. The van der Waals surface area contributed by atoms with Gasteiger partial charge in [-0.15, -0.1) is 0 Å². The largest absolute Gasteiger partial charge is 0.352 e. The van der Waals surface area contributed by atoms with Crippen molar-refractivity contribution in [3.8, 4) is 5.69 Å². The van der Waals surface area contributed by atoms with Gasteiger partial charge < -0.3 is 9.80 Å². The molecule has 202 valence electrons. The monoisotopic (exact) mass is 530 g/mol. The van der Waals surface area contributed by atoms with Crippen molar-refractivity contribution >= 4 is 22.8 Å². The Morgan fingerprint density at radius 3 is 2.18 bits per heavy atom. The molecule has 7 nitrogen and oxygen atoms in total. The second-order valence-corrected chi connectivity index (χ2v) is 10.6. The van der Waals surface area contributed by atoms with Crippen LogP contribution in [0.15, 0.2) is 48.5 Å². The molecule has 0 spiro atoms. The number of amides is 1. The van der Waals surface area contributed by atoms with Crippen LogP contribution in [0.2, 0.25) is 0 Å². The fourth-order valence-electron chi connectivity index (χ4n) is 5.83. The molecule has 1 aliphatic heterocycles. The third kappa shape index (κ3) is 5.22. The van der Waals surface area contributed by atoms with E-state index in [2.05, 4.69) is 4.90 Å². The van der Waals surface area contributed by atoms with Gasteiger partial charge in [-0.25, -0.2) is 23.4 Å². The zero-order valence-electron chi connectivity index (χ0n) is 22.1. The van der Waals surface area contributed by atoms with Crippen LogP contribution >= 0.6 is 0 Å². The topological polar surface area (TPSA) is 67.2 Å². The molecule has 0 bridgehead atoms. The molecule has 6 rings (SSSR count). The Morgan fingerprint density at radius 2 is 1.51 bits per heavy atom. The highest BCUT2D eigenvalue weighted by atomic mass is 19.1. The molecular weight excluding hydrogens is 498 g/mol. The van der Waals surface area contributed by atoms with Crippen LogP contribution in [0.3, 0.4) is 0 Å². The van der Waals surface area contributed by atoms with Gasteiger partial charge in [0.25, 0.3) is 5.91 Å². The molecule has 9 heteroatoms. The predicted molar refractivity (Wildman–Crippen MR) is 146 cm³/mol. The van der Waals surface area contributed by atoms with Gasteiger partial charge in [0.05, 0.1) is 16.8 Å². The van der Waals surface area contributed by atoms with Crippen molar-refractivity contribution in [3.05, 3.63) is 77.2 Å². The molecular formula is C30H32F2N6O. The lowest BCUT2D eigenvalue weighted by Gasteiger charge is -2.36. The fraction of sp³-hybridized carbons (Fsp3) is 0.400. The second-order valence-electron chi connectivity index (χ2n) is 10.6. The van der Waals surface area contributed by atoms with E-state index in [0.29, 0.717) is 37.7 Å². The first-order valence-electron chi connectivity index (χ1n) is 13.8. The van der Waals surface area contributed by atoms with E-state index in [0.717, 1.165) is 40.5 Å². The van der Waals surface area contributed by atoms with Gasteiger partial charge in [0.15, 0.2) is 5.65 Å². The molecule has 4 aromatic rings. The Kier molecular flexibility index (Phi) is 6.97. The Bertz CT molecular complexity index is 1470. The average Bonchev–Trinajstić information content (AvgIpc) is 3.30. The summed E-state index contributed by atoms with van der Waals surface area (Å²) in [6.45, 7) is 4.24. The van der Waals surface area contributed by atoms with Crippen molar-refractivity contribution in [3.63, 3.8) is 0 Å². The van der Waals surface area contributed by atoms with Gasteiger partial charge in [-0.3, -0.25) is 4.79 Å². The highest BCUT2D eigenvalue weighted by molar-refractivity contribution is 5.95. The first-order chi connectivity index (χ1) is 19.0. The number of hydrogen-bond donors (Lipinski definition) is 0. The molecule has 0 unspecified atom stereocenters. The molecule has 1 aliphatic carbocycles. The molecule has 2 aromatic heterocycles. The Morgan fingerprint density at radius 1 is 0.872 bits per heavy atom. The van der Waals surface area contributed by atoms with Crippen LogP contribution in [0.4, 0.5) is 14.6 Å². The van der Waals surface area contributed by atoms with Crippen LogP contribution < -0.4 is 4.90 Å². The highest BCUT2D eigenvalue weighted by Gasteiger charge is 2.27. The molecule has 0 radical (unpaired) electrons. The maximum atomic E-state index is 13.7. The Balaban J connectivity index is 1.33. The summed E-state index contributed by atoms with van der Waals surface area (Å²) < 4.78 is 28.8. The number of carbonyl (C=O) groups excluding carboxylic acids is 1. The first kappa shape index (κ1) is 25.4. The number of anilines is 1. The standard InChI is InChI=1S/C30H32F2N6O/c1-20-27-28(36-15-17-37(18-16-36)30(39)22-7-9-23(31)10-8-22)33-26(19-21-5-3-2-4-6-21)34-29(27)38(35-20)25-13-11-24(32)12-14-25/h7-14,21H,2-6,15-19H2,1H3. The Hall–Kier alpha value is -3.88. The minimum atomic E-state index is -0.357. The molecule has 1 saturated carbocycles. The fourth-order valence-corrected chi connectivity index (χ4v) is 5.83. The van der Waals surface area contributed by atoms with E-state index >= 15 is 0 Å². The van der Waals surface area contributed by atoms with Gasteiger partial charge in [-0.1, -0.05) is 32.1 Å². The molecule has 39 heavy (non-hydrogen) atoms. The van der Waals surface area contributed by atoms with Crippen LogP contribution in [0.1, 0.15) is 54.0 Å². The average molecular weight is 531 g/mol. The van der Waals surface area contributed by atoms with E-state index in [1.807, 2.05) is 6.92 Å². The third-order valence-corrected chi connectivity index (χ3v) is 7.95. The third-order valence-electron chi connectivity index (χ3n) is 7.95. The molecule has 0 atom stereocenters. The van der Waals surface area contributed by atoms with Crippen molar-refractivity contribution in [1.29, 1.82) is 0 Å². The Labute approximate surface area is 226 Å². The summed E-state index contributed by atoms with van der Waals surface area (Å²) in [5, 5.41) is 5.67. The summed E-state index contributed by atoms with van der Waals surface area (Å²) >= 11 is 0. The summed E-state index contributed by atoms with van der Waals surface area (Å²) in [6, 6.07) is 12.0. The van der Waals surface area contributed by atoms with Crippen molar-refractivity contribution in [2.75, 3.05) is 31.1 Å². The minimum absolute atomic E-state index is 0.0965. The summed E-state index contributed by atoms with van der Waals surface area (Å²) in [4.78, 5) is 27.1. The number of hydrogen-bond acceptors (Lipinski definition) is 5. The molecule has 1 amide bonds. The van der Waals surface area contributed by atoms with E-state index in [-0.39, 0.29) is 17.5 Å². The van der Waals surface area contributed by atoms with E-state index in [9.17, 15) is 13.6 Å². The maximum Gasteiger partial charge on any atom is 0.253 e. The number of fused-ring (bicyclic) bond motifs is 1. The van der Waals surface area contributed by atoms with Crippen LogP contribution in [-0.4, -0.2) is 56.7 Å². The molecule has 2 fully saturated rings. The van der Waals surface area contributed by atoms with Crippen LogP contribution in [0, 0.1) is 24.5 Å². The normalized spacial score (nSPS) is 16.7. The molecule has 1 saturated heterocycles. The summed E-state index contributed by atoms with van der Waals surface area (Å²) in [5.74, 6) is 1.46. The van der Waals surface area contributed by atoms with Gasteiger partial charge in [-0.2, -0.15) is 5.10 Å². The van der Waals surface area contributed by atoms with E-state index in [4.69, 9.17) is 15.1 Å². The van der Waals surface area contributed by atoms with Gasteiger partial charge in [0.1, 0.15) is 23.3 Å². The summed E-state index contributed by atoms with van der Waals surface area (Å²) in [5.41, 5.74) is 2.76. The molecule has 2 aliphatic rings. The summed E-state index contributed by atoms with van der Waals surface area (Å²) in [7, 11) is 0. The zero-order valence-corrected chi connectivity index (χ0v) is 22.1. The van der Waals surface area contributed by atoms with Gasteiger partial charge in [0, 0.05) is 38.2 Å². The number of halogens is 2. The number of rotatable bonds is 5. The van der Waals surface area contributed by atoms with E-state index < -0.39 is 0 Å². The first-order valence-corrected chi connectivity index (χ1v) is 13.8. The number of benzene rings is 2. The molecule has 0 N–H and O–H groups in total. The van der Waals surface area contributed by atoms with Crippen molar-refractivity contribution < 1.29 is 13.6 Å². The number of piperazine rings is 1. The van der Waals surface area contributed by atoms with Crippen LogP contribution in [0.5, 0.6) is 0 Å². The minimum Gasteiger partial charge on any atom is -0.352 e. The smallest absolute Gasteiger partial charge is 0.253 e. The number of carbonyl (C=O) groups is 1. The van der Waals surface area contributed by atoms with E-state index in [1.54, 1.807) is 21.7 Å².